The average Bonchev–Trinajstić information content (AvgIpc) is 2.38. The minimum atomic E-state index is -0.419. The second-order valence-corrected chi connectivity index (χ2v) is 2.91. The van der Waals surface area contributed by atoms with Crippen molar-refractivity contribution in [2.75, 3.05) is 6.54 Å². The quantitative estimate of drug-likeness (QED) is 0.674. The summed E-state index contributed by atoms with van der Waals surface area (Å²) < 4.78 is 0. The van der Waals surface area contributed by atoms with Gasteiger partial charge in [-0.05, 0) is 13.0 Å². The van der Waals surface area contributed by atoms with Gasteiger partial charge in [-0.1, -0.05) is 0 Å². The van der Waals surface area contributed by atoms with E-state index in [9.17, 15) is 5.11 Å². The average molecular weight is 158 g/mol. The number of hydrogen-bond acceptors (Lipinski definition) is 4. The van der Waals surface area contributed by atoms with E-state index in [1.807, 2.05) is 0 Å². The smallest absolute Gasteiger partial charge is 0.0910 e. The number of nitrogens with two attached hydrogens (primary N) is 1. The van der Waals surface area contributed by atoms with Gasteiger partial charge in [0, 0.05) is 6.20 Å². The molecule has 0 amide bonds. The first-order valence-corrected chi connectivity index (χ1v) is 3.99. The van der Waals surface area contributed by atoms with E-state index >= 15 is 0 Å². The van der Waals surface area contributed by atoms with Crippen molar-refractivity contribution in [3.63, 3.8) is 0 Å². The molecule has 1 heterocycles. The van der Waals surface area contributed by atoms with Gasteiger partial charge >= 0.3 is 0 Å². The molecule has 0 aliphatic heterocycles. The van der Waals surface area contributed by atoms with Crippen LogP contribution in [-0.2, 0) is 0 Å². The van der Waals surface area contributed by atoms with Crippen LogP contribution in [0.1, 0.15) is 17.4 Å². The molecule has 1 aromatic rings. The first kappa shape index (κ1) is 7.65. The standard InChI is InChI=1S/C6H10N2OS/c7-2-1-5(9)6-3-8-4-10-6/h3-5,9H,1-2,7H2. The fourth-order valence-corrected chi connectivity index (χ4v) is 1.33. The number of thiazole rings is 1. The largest absolute Gasteiger partial charge is 0.387 e. The molecule has 1 aromatic heterocycles. The summed E-state index contributed by atoms with van der Waals surface area (Å²) in [5.74, 6) is 0. The first-order chi connectivity index (χ1) is 4.84. The molecule has 1 atom stereocenters. The highest BCUT2D eigenvalue weighted by molar-refractivity contribution is 7.09. The molecular weight excluding hydrogens is 148 g/mol. The molecule has 3 N–H and O–H groups in total. The maximum atomic E-state index is 9.30. The van der Waals surface area contributed by atoms with Crippen LogP contribution in [-0.4, -0.2) is 16.6 Å². The van der Waals surface area contributed by atoms with E-state index < -0.39 is 6.10 Å². The molecule has 10 heavy (non-hydrogen) atoms. The number of aromatic nitrogens is 1. The summed E-state index contributed by atoms with van der Waals surface area (Å²) in [4.78, 5) is 4.74. The van der Waals surface area contributed by atoms with Crippen molar-refractivity contribution in [3.05, 3.63) is 16.6 Å². The molecule has 4 heteroatoms. The molecule has 0 bridgehead atoms. The molecule has 0 saturated heterocycles. The van der Waals surface area contributed by atoms with Crippen molar-refractivity contribution in [1.82, 2.24) is 4.98 Å². The van der Waals surface area contributed by atoms with Crippen LogP contribution >= 0.6 is 11.3 Å². The van der Waals surface area contributed by atoms with Gasteiger partial charge < -0.3 is 10.8 Å². The van der Waals surface area contributed by atoms with Crippen molar-refractivity contribution in [2.24, 2.45) is 5.73 Å². The van der Waals surface area contributed by atoms with Crippen LogP contribution < -0.4 is 5.73 Å². The molecule has 0 saturated carbocycles. The van der Waals surface area contributed by atoms with Crippen LogP contribution in [0.5, 0.6) is 0 Å². The lowest BCUT2D eigenvalue weighted by atomic mass is 10.2. The maximum absolute atomic E-state index is 9.30. The Labute approximate surface area is 63.5 Å². The number of hydrogen-bond donors (Lipinski definition) is 2. The van der Waals surface area contributed by atoms with Crippen LogP contribution in [0.15, 0.2) is 11.7 Å². The van der Waals surface area contributed by atoms with Gasteiger partial charge in [0.2, 0.25) is 0 Å². The summed E-state index contributed by atoms with van der Waals surface area (Å²) in [6.07, 6.45) is 1.87. The third-order valence-electron chi connectivity index (χ3n) is 1.22. The summed E-state index contributed by atoms with van der Waals surface area (Å²) in [5.41, 5.74) is 6.96. The van der Waals surface area contributed by atoms with Crippen molar-refractivity contribution >= 4 is 11.3 Å². The Kier molecular flexibility index (Phi) is 2.80. The van der Waals surface area contributed by atoms with E-state index in [0.29, 0.717) is 13.0 Å². The van der Waals surface area contributed by atoms with Gasteiger partial charge in [0.25, 0.3) is 0 Å². The topological polar surface area (TPSA) is 59.1 Å². The van der Waals surface area contributed by atoms with Crippen molar-refractivity contribution in [3.8, 4) is 0 Å². The van der Waals surface area contributed by atoms with Gasteiger partial charge in [-0.2, -0.15) is 0 Å². The lowest BCUT2D eigenvalue weighted by Crippen LogP contribution is -2.05. The van der Waals surface area contributed by atoms with Crippen molar-refractivity contribution in [2.45, 2.75) is 12.5 Å². The molecule has 0 aromatic carbocycles. The SMILES string of the molecule is NCCC(O)c1cncs1. The fraction of sp³-hybridized carbons (Fsp3) is 0.500. The summed E-state index contributed by atoms with van der Waals surface area (Å²) in [7, 11) is 0. The van der Waals surface area contributed by atoms with E-state index in [2.05, 4.69) is 4.98 Å². The minimum Gasteiger partial charge on any atom is -0.387 e. The molecule has 3 nitrogen and oxygen atoms in total. The predicted octanol–water partition coefficient (Wildman–Crippen LogP) is 0.525. The molecule has 0 spiro atoms. The third kappa shape index (κ3) is 1.76. The van der Waals surface area contributed by atoms with Crippen molar-refractivity contribution in [1.29, 1.82) is 0 Å². The van der Waals surface area contributed by atoms with Gasteiger partial charge in [-0.3, -0.25) is 4.98 Å². The van der Waals surface area contributed by atoms with Gasteiger partial charge in [-0.15, -0.1) is 11.3 Å². The molecule has 0 aliphatic rings. The zero-order valence-corrected chi connectivity index (χ0v) is 6.34. The Balaban J connectivity index is 2.50. The van der Waals surface area contributed by atoms with Crippen LogP contribution in [0, 0.1) is 0 Å². The Morgan fingerprint density at radius 3 is 3.10 bits per heavy atom. The predicted molar refractivity (Wildman–Crippen MR) is 40.7 cm³/mol. The normalized spacial score (nSPS) is 13.4. The van der Waals surface area contributed by atoms with Gasteiger partial charge in [-0.25, -0.2) is 0 Å². The summed E-state index contributed by atoms with van der Waals surface area (Å²) in [6.45, 7) is 0.513. The molecule has 56 valence electrons. The summed E-state index contributed by atoms with van der Waals surface area (Å²) in [6, 6.07) is 0. The number of nitrogens with zero attached hydrogens (tertiary/aromatic N) is 1. The number of aliphatic hydroxyl groups is 1. The Bertz CT molecular complexity index is 176. The van der Waals surface area contributed by atoms with E-state index in [1.165, 1.54) is 11.3 Å². The highest BCUT2D eigenvalue weighted by Gasteiger charge is 2.06. The Morgan fingerprint density at radius 2 is 2.60 bits per heavy atom. The molecule has 1 rings (SSSR count). The fourth-order valence-electron chi connectivity index (χ4n) is 0.690. The zero-order valence-electron chi connectivity index (χ0n) is 5.53. The van der Waals surface area contributed by atoms with E-state index in [1.54, 1.807) is 11.7 Å². The van der Waals surface area contributed by atoms with Crippen molar-refractivity contribution < 1.29 is 5.11 Å². The second-order valence-electron chi connectivity index (χ2n) is 2.00. The second kappa shape index (κ2) is 3.65. The van der Waals surface area contributed by atoms with Crippen LogP contribution in [0.25, 0.3) is 0 Å². The Hall–Kier alpha value is -0.450. The maximum Gasteiger partial charge on any atom is 0.0910 e. The van der Waals surface area contributed by atoms with E-state index in [4.69, 9.17) is 5.73 Å². The molecular formula is C6H10N2OS. The molecule has 1 unspecified atom stereocenters. The third-order valence-corrected chi connectivity index (χ3v) is 2.10. The zero-order chi connectivity index (χ0) is 7.40. The lowest BCUT2D eigenvalue weighted by Gasteiger charge is -2.03. The van der Waals surface area contributed by atoms with Crippen LogP contribution in [0.2, 0.25) is 0 Å². The van der Waals surface area contributed by atoms with E-state index in [-0.39, 0.29) is 0 Å². The highest BCUT2D eigenvalue weighted by Crippen LogP contribution is 2.18. The Morgan fingerprint density at radius 1 is 1.80 bits per heavy atom. The van der Waals surface area contributed by atoms with Gasteiger partial charge in [0.1, 0.15) is 0 Å². The number of rotatable bonds is 3. The molecule has 0 fully saturated rings. The summed E-state index contributed by atoms with van der Waals surface area (Å²) >= 11 is 1.45. The molecule has 0 aliphatic carbocycles. The lowest BCUT2D eigenvalue weighted by molar-refractivity contribution is 0.174. The van der Waals surface area contributed by atoms with Crippen LogP contribution in [0.4, 0.5) is 0 Å². The molecule has 0 radical (unpaired) electrons. The number of aliphatic hydroxyl groups excluding tert-OH is 1. The summed E-state index contributed by atoms with van der Waals surface area (Å²) in [5, 5.41) is 9.30. The first-order valence-electron chi connectivity index (χ1n) is 3.11. The minimum absolute atomic E-state index is 0.419. The highest BCUT2D eigenvalue weighted by atomic mass is 32.1. The monoisotopic (exact) mass is 158 g/mol. The van der Waals surface area contributed by atoms with E-state index in [0.717, 1.165) is 4.88 Å². The van der Waals surface area contributed by atoms with Gasteiger partial charge in [0.05, 0.1) is 16.5 Å². The van der Waals surface area contributed by atoms with Gasteiger partial charge in [0.15, 0.2) is 0 Å². The van der Waals surface area contributed by atoms with Crippen LogP contribution in [0.3, 0.4) is 0 Å².